The van der Waals surface area contributed by atoms with Crippen LogP contribution < -0.4 is 5.73 Å². The summed E-state index contributed by atoms with van der Waals surface area (Å²) in [6.45, 7) is 0.516. The van der Waals surface area contributed by atoms with Crippen molar-refractivity contribution in [1.29, 1.82) is 0 Å². The van der Waals surface area contributed by atoms with Crippen LogP contribution in [0.5, 0.6) is 0 Å². The van der Waals surface area contributed by atoms with Gasteiger partial charge in [0, 0.05) is 13.0 Å². The van der Waals surface area contributed by atoms with Crippen molar-refractivity contribution in [3.63, 3.8) is 0 Å². The third-order valence-electron chi connectivity index (χ3n) is 3.32. The molecular formula is C11H18BrN3. The molecule has 1 aliphatic carbocycles. The van der Waals surface area contributed by atoms with Gasteiger partial charge in [0.2, 0.25) is 0 Å². The van der Waals surface area contributed by atoms with Gasteiger partial charge in [0.05, 0.1) is 12.2 Å². The zero-order chi connectivity index (χ0) is 10.8. The summed E-state index contributed by atoms with van der Waals surface area (Å²) in [6, 6.07) is 0. The maximum Gasteiger partial charge on any atom is 0.123 e. The predicted molar refractivity (Wildman–Crippen MR) is 64.6 cm³/mol. The maximum absolute atomic E-state index is 5.66. The first-order valence-electron chi connectivity index (χ1n) is 5.65. The molecule has 84 valence electrons. The van der Waals surface area contributed by atoms with E-state index in [4.69, 9.17) is 5.73 Å². The lowest BCUT2D eigenvalue weighted by Crippen LogP contribution is -2.06. The van der Waals surface area contributed by atoms with E-state index in [1.807, 2.05) is 7.05 Å². The molecule has 0 saturated heterocycles. The van der Waals surface area contributed by atoms with Crippen molar-refractivity contribution in [3.8, 4) is 0 Å². The molecule has 3 nitrogen and oxygen atoms in total. The fraction of sp³-hybridized carbons (Fsp3) is 0.727. The monoisotopic (exact) mass is 271 g/mol. The normalized spacial score (nSPS) is 18.3. The summed E-state index contributed by atoms with van der Waals surface area (Å²) >= 11 is 3.62. The second-order valence-corrected chi connectivity index (χ2v) is 5.05. The molecule has 0 spiro atoms. The van der Waals surface area contributed by atoms with E-state index in [9.17, 15) is 0 Å². The van der Waals surface area contributed by atoms with Crippen LogP contribution in [0, 0.1) is 0 Å². The smallest absolute Gasteiger partial charge is 0.123 e. The number of nitrogens with zero attached hydrogens (tertiary/aromatic N) is 2. The first kappa shape index (κ1) is 11.1. The van der Waals surface area contributed by atoms with E-state index < -0.39 is 0 Å². The molecule has 0 amide bonds. The standard InChI is InChI=1S/C11H18BrN3/c1-15-9(7-13)14-10(11(15)12)8-5-3-2-4-6-8/h8H,2-7,13H2,1H3. The Hall–Kier alpha value is -0.350. The molecule has 0 unspecified atom stereocenters. The minimum Gasteiger partial charge on any atom is -0.325 e. The predicted octanol–water partition coefficient (Wildman–Crippen LogP) is 2.69. The van der Waals surface area contributed by atoms with E-state index in [1.54, 1.807) is 0 Å². The first-order chi connectivity index (χ1) is 7.24. The van der Waals surface area contributed by atoms with Gasteiger partial charge in [-0.1, -0.05) is 19.3 Å². The summed E-state index contributed by atoms with van der Waals surface area (Å²) < 4.78 is 3.18. The van der Waals surface area contributed by atoms with Crippen molar-refractivity contribution in [2.24, 2.45) is 12.8 Å². The molecule has 0 atom stereocenters. The number of hydrogen-bond donors (Lipinski definition) is 1. The van der Waals surface area contributed by atoms with E-state index in [0.717, 1.165) is 10.4 Å². The zero-order valence-corrected chi connectivity index (χ0v) is 10.8. The Balaban J connectivity index is 2.26. The SMILES string of the molecule is Cn1c(CN)nc(C2CCCCC2)c1Br. The number of imidazole rings is 1. The molecule has 1 heterocycles. The summed E-state index contributed by atoms with van der Waals surface area (Å²) in [7, 11) is 2.02. The Morgan fingerprint density at radius 1 is 1.40 bits per heavy atom. The Bertz CT molecular complexity index is 340. The molecule has 0 bridgehead atoms. The molecule has 0 aromatic carbocycles. The molecule has 1 aromatic rings. The Morgan fingerprint density at radius 2 is 2.07 bits per heavy atom. The van der Waals surface area contributed by atoms with Crippen LogP contribution >= 0.6 is 15.9 Å². The maximum atomic E-state index is 5.66. The summed E-state index contributed by atoms with van der Waals surface area (Å²) in [6.07, 6.45) is 6.61. The highest BCUT2D eigenvalue weighted by Gasteiger charge is 2.22. The molecule has 1 aliphatic rings. The molecule has 4 heteroatoms. The number of rotatable bonds is 2. The molecule has 1 aromatic heterocycles. The van der Waals surface area contributed by atoms with Gasteiger partial charge in [0.15, 0.2) is 0 Å². The fourth-order valence-electron chi connectivity index (χ4n) is 2.36. The van der Waals surface area contributed by atoms with Crippen LogP contribution in [0.3, 0.4) is 0 Å². The van der Waals surface area contributed by atoms with Crippen LogP contribution in [0.25, 0.3) is 0 Å². The van der Waals surface area contributed by atoms with Gasteiger partial charge in [-0.05, 0) is 28.8 Å². The lowest BCUT2D eigenvalue weighted by Gasteiger charge is -2.20. The molecule has 1 saturated carbocycles. The Labute approximate surface area is 99.2 Å². The number of nitrogens with two attached hydrogens (primary N) is 1. The quantitative estimate of drug-likeness (QED) is 0.899. The zero-order valence-electron chi connectivity index (χ0n) is 9.17. The Morgan fingerprint density at radius 3 is 2.60 bits per heavy atom. The van der Waals surface area contributed by atoms with E-state index in [-0.39, 0.29) is 0 Å². The van der Waals surface area contributed by atoms with Crippen LogP contribution in [0.2, 0.25) is 0 Å². The second kappa shape index (κ2) is 4.66. The summed E-state index contributed by atoms with van der Waals surface area (Å²) in [5.74, 6) is 1.61. The highest BCUT2D eigenvalue weighted by Crippen LogP contribution is 2.35. The summed E-state index contributed by atoms with van der Waals surface area (Å²) in [4.78, 5) is 4.64. The highest BCUT2D eigenvalue weighted by atomic mass is 79.9. The van der Waals surface area contributed by atoms with Gasteiger partial charge in [-0.15, -0.1) is 0 Å². The average Bonchev–Trinajstić information content (AvgIpc) is 2.57. The van der Waals surface area contributed by atoms with Crippen LogP contribution in [0.1, 0.15) is 49.5 Å². The van der Waals surface area contributed by atoms with Crippen molar-refractivity contribution in [1.82, 2.24) is 9.55 Å². The average molecular weight is 272 g/mol. The van der Waals surface area contributed by atoms with Gasteiger partial charge in [-0.2, -0.15) is 0 Å². The minimum absolute atomic E-state index is 0.516. The minimum atomic E-state index is 0.516. The third kappa shape index (κ3) is 2.11. The molecule has 1 fully saturated rings. The lowest BCUT2D eigenvalue weighted by atomic mass is 9.87. The van der Waals surface area contributed by atoms with Crippen molar-refractivity contribution < 1.29 is 0 Å². The van der Waals surface area contributed by atoms with Gasteiger partial charge >= 0.3 is 0 Å². The van der Waals surface area contributed by atoms with Crippen molar-refractivity contribution in [2.75, 3.05) is 0 Å². The van der Waals surface area contributed by atoms with Crippen LogP contribution in [-0.4, -0.2) is 9.55 Å². The van der Waals surface area contributed by atoms with Crippen molar-refractivity contribution in [3.05, 3.63) is 16.1 Å². The van der Waals surface area contributed by atoms with Gasteiger partial charge in [-0.3, -0.25) is 0 Å². The van der Waals surface area contributed by atoms with Crippen LogP contribution in [-0.2, 0) is 13.6 Å². The molecule has 2 N–H and O–H groups in total. The van der Waals surface area contributed by atoms with Crippen LogP contribution in [0.4, 0.5) is 0 Å². The number of hydrogen-bond acceptors (Lipinski definition) is 2. The van der Waals surface area contributed by atoms with Crippen molar-refractivity contribution >= 4 is 15.9 Å². The van der Waals surface area contributed by atoms with E-state index >= 15 is 0 Å². The summed E-state index contributed by atoms with van der Waals surface area (Å²) in [5.41, 5.74) is 6.88. The fourth-order valence-corrected chi connectivity index (χ4v) is 2.98. The molecular weight excluding hydrogens is 254 g/mol. The molecule has 2 rings (SSSR count). The summed E-state index contributed by atoms with van der Waals surface area (Å²) in [5, 5.41) is 0. The van der Waals surface area contributed by atoms with Gasteiger partial charge in [0.25, 0.3) is 0 Å². The molecule has 15 heavy (non-hydrogen) atoms. The van der Waals surface area contributed by atoms with E-state index in [2.05, 4.69) is 25.5 Å². The van der Waals surface area contributed by atoms with Gasteiger partial charge in [0.1, 0.15) is 10.4 Å². The van der Waals surface area contributed by atoms with E-state index in [1.165, 1.54) is 37.8 Å². The number of aromatic nitrogens is 2. The van der Waals surface area contributed by atoms with Crippen molar-refractivity contribution in [2.45, 2.75) is 44.6 Å². The van der Waals surface area contributed by atoms with Gasteiger partial charge < -0.3 is 10.3 Å². The molecule has 0 aliphatic heterocycles. The van der Waals surface area contributed by atoms with Crippen LogP contribution in [0.15, 0.2) is 4.60 Å². The largest absolute Gasteiger partial charge is 0.325 e. The third-order valence-corrected chi connectivity index (χ3v) is 4.26. The molecule has 0 radical (unpaired) electrons. The first-order valence-corrected chi connectivity index (χ1v) is 6.44. The second-order valence-electron chi connectivity index (χ2n) is 4.30. The van der Waals surface area contributed by atoms with E-state index in [0.29, 0.717) is 12.5 Å². The highest BCUT2D eigenvalue weighted by molar-refractivity contribution is 9.10. The number of halogens is 1. The van der Waals surface area contributed by atoms with Gasteiger partial charge in [-0.25, -0.2) is 4.98 Å². The topological polar surface area (TPSA) is 43.8 Å². The Kier molecular flexibility index (Phi) is 3.46. The lowest BCUT2D eigenvalue weighted by molar-refractivity contribution is 0.436.